The molecular weight excluding hydrogens is 396 g/mol. The summed E-state index contributed by atoms with van der Waals surface area (Å²) in [5, 5.41) is 7.35. The van der Waals surface area contributed by atoms with Gasteiger partial charge in [-0.3, -0.25) is 14.4 Å². The lowest BCUT2D eigenvalue weighted by Gasteiger charge is -2.32. The summed E-state index contributed by atoms with van der Waals surface area (Å²) >= 11 is 0. The molecule has 2 saturated heterocycles. The Balaban J connectivity index is 1.28. The lowest BCUT2D eigenvalue weighted by Crippen LogP contribution is -2.42. The predicted octanol–water partition coefficient (Wildman–Crippen LogP) is 2.22. The summed E-state index contributed by atoms with van der Waals surface area (Å²) in [6.45, 7) is 2.08. The van der Waals surface area contributed by atoms with Crippen molar-refractivity contribution >= 4 is 23.4 Å². The Morgan fingerprint density at radius 3 is 2.55 bits per heavy atom. The van der Waals surface area contributed by atoms with Crippen LogP contribution in [-0.2, 0) is 25.5 Å². The molecule has 164 valence electrons. The molecule has 2 fully saturated rings. The zero-order chi connectivity index (χ0) is 21.6. The molecule has 2 aliphatic heterocycles. The van der Waals surface area contributed by atoms with Crippen molar-refractivity contribution in [2.45, 2.75) is 38.1 Å². The summed E-state index contributed by atoms with van der Waals surface area (Å²) in [6, 6.07) is 11.6. The van der Waals surface area contributed by atoms with Crippen molar-refractivity contribution < 1.29 is 19.1 Å². The van der Waals surface area contributed by atoms with E-state index in [1.165, 1.54) is 0 Å². The van der Waals surface area contributed by atoms with Crippen LogP contribution in [0.5, 0.6) is 0 Å². The number of likely N-dealkylation sites (tertiary alicyclic amines) is 1. The zero-order valence-electron chi connectivity index (χ0n) is 17.5. The van der Waals surface area contributed by atoms with E-state index in [1.807, 2.05) is 35.0 Å². The highest BCUT2D eigenvalue weighted by Crippen LogP contribution is 2.26. The van der Waals surface area contributed by atoms with Gasteiger partial charge in [0.25, 0.3) is 5.91 Å². The van der Waals surface area contributed by atoms with Crippen LogP contribution in [0.2, 0.25) is 0 Å². The summed E-state index contributed by atoms with van der Waals surface area (Å²) in [5.41, 5.74) is 1.06. The first-order valence-corrected chi connectivity index (χ1v) is 10.9. The number of benzene rings is 1. The summed E-state index contributed by atoms with van der Waals surface area (Å²) < 4.78 is 7.12. The molecule has 8 nitrogen and oxygen atoms in total. The van der Waals surface area contributed by atoms with E-state index in [2.05, 4.69) is 10.4 Å². The van der Waals surface area contributed by atoms with Crippen LogP contribution in [0, 0.1) is 5.92 Å². The van der Waals surface area contributed by atoms with E-state index in [1.54, 1.807) is 17.2 Å². The van der Waals surface area contributed by atoms with Crippen LogP contribution < -0.4 is 5.32 Å². The van der Waals surface area contributed by atoms with Crippen molar-refractivity contribution in [3.8, 4) is 0 Å². The number of ether oxygens (including phenoxy) is 1. The molecule has 2 aromatic rings. The van der Waals surface area contributed by atoms with Crippen LogP contribution in [0.3, 0.4) is 0 Å². The number of amides is 2. The molecule has 0 bridgehead atoms. The molecular formula is C23H28N4O4. The highest BCUT2D eigenvalue weighted by atomic mass is 16.5. The van der Waals surface area contributed by atoms with Crippen LogP contribution in [0.1, 0.15) is 37.3 Å². The number of nitrogens with one attached hydrogen (secondary N) is 1. The fourth-order valence-electron chi connectivity index (χ4n) is 4.17. The highest BCUT2D eigenvalue weighted by molar-refractivity contribution is 6.36. The Hall–Kier alpha value is -3.00. The average Bonchev–Trinajstić information content (AvgIpc) is 3.50. The maximum atomic E-state index is 12.6. The van der Waals surface area contributed by atoms with Crippen molar-refractivity contribution in [1.29, 1.82) is 0 Å². The number of nitrogens with zero attached hydrogens (tertiary/aromatic N) is 3. The van der Waals surface area contributed by atoms with E-state index in [0.717, 1.165) is 12.0 Å². The Morgan fingerprint density at radius 1 is 1.06 bits per heavy atom. The molecule has 0 saturated carbocycles. The number of carbonyl (C=O) groups is 3. The monoisotopic (exact) mass is 424 g/mol. The van der Waals surface area contributed by atoms with Crippen LogP contribution in [-0.4, -0.2) is 58.6 Å². The maximum Gasteiger partial charge on any atom is 0.289 e. The molecule has 2 amide bonds. The molecule has 0 aliphatic carbocycles. The Bertz CT molecular complexity index is 913. The van der Waals surface area contributed by atoms with Crippen molar-refractivity contribution in [3.63, 3.8) is 0 Å². The average molecular weight is 425 g/mol. The Labute approximate surface area is 181 Å². The van der Waals surface area contributed by atoms with Crippen molar-refractivity contribution in [2.75, 3.05) is 31.6 Å². The maximum absolute atomic E-state index is 12.6. The molecule has 1 N–H and O–H groups in total. The SMILES string of the molecule is O=C(CCc1ccccc1)C(=O)N1CCC(n2nccc2NC(=O)[C@H]2CCOC2)CC1. The quantitative estimate of drug-likeness (QED) is 0.688. The predicted molar refractivity (Wildman–Crippen MR) is 114 cm³/mol. The summed E-state index contributed by atoms with van der Waals surface area (Å²) in [6.07, 6.45) is 4.58. The van der Waals surface area contributed by atoms with E-state index in [9.17, 15) is 14.4 Å². The molecule has 2 aliphatic rings. The third-order valence-electron chi connectivity index (χ3n) is 6.04. The zero-order valence-corrected chi connectivity index (χ0v) is 17.5. The second kappa shape index (κ2) is 9.87. The summed E-state index contributed by atoms with van der Waals surface area (Å²) in [5.74, 6) is -0.237. The Kier molecular flexibility index (Phi) is 6.76. The number of carbonyl (C=O) groups excluding carboxylic acids is 3. The van der Waals surface area contributed by atoms with Gasteiger partial charge in [0.1, 0.15) is 5.82 Å². The number of aryl methyl sites for hydroxylation is 1. The van der Waals surface area contributed by atoms with Gasteiger partial charge in [-0.05, 0) is 31.2 Å². The lowest BCUT2D eigenvalue weighted by molar-refractivity contribution is -0.145. The second-order valence-electron chi connectivity index (χ2n) is 8.14. The number of aromatic nitrogens is 2. The van der Waals surface area contributed by atoms with E-state index in [-0.39, 0.29) is 30.1 Å². The van der Waals surface area contributed by atoms with E-state index < -0.39 is 5.91 Å². The number of piperidine rings is 1. The minimum atomic E-state index is -0.399. The molecule has 31 heavy (non-hydrogen) atoms. The van der Waals surface area contributed by atoms with Gasteiger partial charge >= 0.3 is 0 Å². The van der Waals surface area contributed by atoms with Crippen molar-refractivity contribution in [3.05, 3.63) is 48.2 Å². The third kappa shape index (κ3) is 5.19. The van der Waals surface area contributed by atoms with Gasteiger partial charge in [0, 0.05) is 32.2 Å². The molecule has 0 spiro atoms. The number of rotatable bonds is 7. The molecule has 8 heteroatoms. The van der Waals surface area contributed by atoms with E-state index in [4.69, 9.17) is 4.74 Å². The summed E-state index contributed by atoms with van der Waals surface area (Å²) in [7, 11) is 0. The van der Waals surface area contributed by atoms with Crippen LogP contribution in [0.25, 0.3) is 0 Å². The number of hydrogen-bond donors (Lipinski definition) is 1. The molecule has 1 aromatic carbocycles. The van der Waals surface area contributed by atoms with Gasteiger partial charge in [0.15, 0.2) is 0 Å². The van der Waals surface area contributed by atoms with Crippen molar-refractivity contribution in [2.24, 2.45) is 5.92 Å². The first kappa shape index (κ1) is 21.2. The highest BCUT2D eigenvalue weighted by Gasteiger charge is 2.29. The fourth-order valence-corrected chi connectivity index (χ4v) is 4.17. The smallest absolute Gasteiger partial charge is 0.289 e. The first-order chi connectivity index (χ1) is 15.1. The normalized spacial score (nSPS) is 19.4. The third-order valence-corrected chi connectivity index (χ3v) is 6.04. The van der Waals surface area contributed by atoms with Crippen LogP contribution >= 0.6 is 0 Å². The van der Waals surface area contributed by atoms with Gasteiger partial charge in [0.05, 0.1) is 24.8 Å². The van der Waals surface area contributed by atoms with Gasteiger partial charge in [0.2, 0.25) is 11.7 Å². The number of hydrogen-bond acceptors (Lipinski definition) is 5. The van der Waals surface area contributed by atoms with Gasteiger partial charge in [-0.25, -0.2) is 4.68 Å². The Morgan fingerprint density at radius 2 is 1.84 bits per heavy atom. The number of ketones is 1. The largest absolute Gasteiger partial charge is 0.381 e. The second-order valence-corrected chi connectivity index (χ2v) is 8.14. The molecule has 4 rings (SSSR count). The number of Topliss-reactive ketones (excluding diaryl/α,β-unsaturated/α-hetero) is 1. The molecule has 0 radical (unpaired) electrons. The van der Waals surface area contributed by atoms with Gasteiger partial charge in [-0.1, -0.05) is 30.3 Å². The minimum Gasteiger partial charge on any atom is -0.381 e. The molecule has 1 aromatic heterocycles. The van der Waals surface area contributed by atoms with E-state index in [0.29, 0.717) is 51.4 Å². The van der Waals surface area contributed by atoms with Gasteiger partial charge in [-0.2, -0.15) is 5.10 Å². The molecule has 3 heterocycles. The lowest BCUT2D eigenvalue weighted by atomic mass is 10.0. The topological polar surface area (TPSA) is 93.5 Å². The number of anilines is 1. The summed E-state index contributed by atoms with van der Waals surface area (Å²) in [4.78, 5) is 39.0. The minimum absolute atomic E-state index is 0.0455. The standard InChI is InChI=1S/C23H28N4O4/c28-20(7-6-17-4-2-1-3-5-17)23(30)26-13-9-19(10-14-26)27-21(8-12-24-27)25-22(29)18-11-15-31-16-18/h1-5,8,12,18-19H,6-7,9-11,13-16H2,(H,25,29)/t18-/m0/s1. The van der Waals surface area contributed by atoms with Crippen molar-refractivity contribution in [1.82, 2.24) is 14.7 Å². The first-order valence-electron chi connectivity index (χ1n) is 10.9. The molecule has 0 unspecified atom stereocenters. The van der Waals surface area contributed by atoms with Crippen LogP contribution in [0.15, 0.2) is 42.6 Å². The fraction of sp³-hybridized carbons (Fsp3) is 0.478. The molecule has 1 atom stereocenters. The van der Waals surface area contributed by atoms with E-state index >= 15 is 0 Å². The van der Waals surface area contributed by atoms with Gasteiger partial charge in [-0.15, -0.1) is 0 Å². The van der Waals surface area contributed by atoms with Crippen LogP contribution in [0.4, 0.5) is 5.82 Å². The van der Waals surface area contributed by atoms with Gasteiger partial charge < -0.3 is 15.0 Å².